The third kappa shape index (κ3) is 8.99. The van der Waals surface area contributed by atoms with Crippen LogP contribution in [0.4, 0.5) is 34.1 Å². The van der Waals surface area contributed by atoms with Crippen molar-refractivity contribution in [1.82, 2.24) is 9.89 Å². The quantitative estimate of drug-likeness (QED) is 0.0822. The molecule has 0 bridgehead atoms. The van der Waals surface area contributed by atoms with E-state index in [1.807, 2.05) is 139 Å². The molecule has 9 rings (SSSR count). The first-order valence-electron chi connectivity index (χ1n) is 24.9. The highest BCUT2D eigenvalue weighted by Gasteiger charge is 2.38. The molecule has 2 heterocycles. The largest absolute Gasteiger partial charge is 0.871 e. The van der Waals surface area contributed by atoms with E-state index in [1.54, 1.807) is 12.1 Å². The highest BCUT2D eigenvalue weighted by atomic mass is 16.5. The number of anilines is 4. The first-order valence-corrected chi connectivity index (χ1v) is 24.9. The zero-order valence-electron chi connectivity index (χ0n) is 41.5. The van der Waals surface area contributed by atoms with Crippen LogP contribution in [0.1, 0.15) is 107 Å². The molecule has 0 saturated heterocycles. The zero-order valence-corrected chi connectivity index (χ0v) is 41.5. The van der Waals surface area contributed by atoms with Crippen LogP contribution in [0.5, 0.6) is 23.0 Å². The number of amides is 2. The lowest BCUT2D eigenvalue weighted by molar-refractivity contribution is -0.297. The minimum Gasteiger partial charge on any atom is -0.871 e. The van der Waals surface area contributed by atoms with E-state index >= 15 is 0 Å². The fourth-order valence-electron chi connectivity index (χ4n) is 9.88. The summed E-state index contributed by atoms with van der Waals surface area (Å²) in [5.74, 6) is 0.958. The molecule has 4 aliphatic rings. The van der Waals surface area contributed by atoms with Crippen molar-refractivity contribution in [3.8, 4) is 23.0 Å². The summed E-state index contributed by atoms with van der Waals surface area (Å²) in [4.78, 5) is 45.4. The molecule has 358 valence electrons. The summed E-state index contributed by atoms with van der Waals surface area (Å²) in [7, 11) is 0. The van der Waals surface area contributed by atoms with Crippen LogP contribution in [0.25, 0.3) is 5.57 Å². The molecule has 2 amide bonds. The second-order valence-corrected chi connectivity index (χ2v) is 19.1. The van der Waals surface area contributed by atoms with E-state index in [4.69, 9.17) is 9.47 Å². The van der Waals surface area contributed by atoms with Gasteiger partial charge in [-0.1, -0.05) is 89.5 Å². The van der Waals surface area contributed by atoms with E-state index in [-0.39, 0.29) is 34.8 Å². The van der Waals surface area contributed by atoms with Gasteiger partial charge in [0.25, 0.3) is 11.4 Å². The van der Waals surface area contributed by atoms with Crippen molar-refractivity contribution in [2.45, 2.75) is 107 Å². The number of nitrogens with zero attached hydrogens (tertiary/aromatic N) is 2. The topological polar surface area (TPSA) is 123 Å². The summed E-state index contributed by atoms with van der Waals surface area (Å²) in [5.41, 5.74) is 10.2. The van der Waals surface area contributed by atoms with Gasteiger partial charge in [-0.25, -0.2) is 0 Å². The smallest absolute Gasteiger partial charge is 0.254 e. The Morgan fingerprint density at radius 3 is 1.67 bits per heavy atom. The Kier molecular flexibility index (Phi) is 13.5. The van der Waals surface area contributed by atoms with Gasteiger partial charge in [0, 0.05) is 64.1 Å². The summed E-state index contributed by atoms with van der Waals surface area (Å²) in [6, 6.07) is 29.7. The van der Waals surface area contributed by atoms with Gasteiger partial charge in [0.1, 0.15) is 0 Å². The molecule has 0 spiro atoms. The third-order valence-electron chi connectivity index (χ3n) is 13.9. The van der Waals surface area contributed by atoms with Crippen molar-refractivity contribution >= 4 is 63.0 Å². The van der Waals surface area contributed by atoms with E-state index in [0.29, 0.717) is 82.6 Å². The van der Waals surface area contributed by atoms with Crippen molar-refractivity contribution in [2.24, 2.45) is 11.8 Å². The molecule has 5 aromatic rings. The second kappa shape index (κ2) is 19.9. The van der Waals surface area contributed by atoms with Crippen molar-refractivity contribution in [1.29, 1.82) is 0 Å². The highest BCUT2D eigenvalue weighted by molar-refractivity contribution is 6.40. The summed E-state index contributed by atoms with van der Waals surface area (Å²) >= 11 is 0. The van der Waals surface area contributed by atoms with Crippen LogP contribution in [0, 0.1) is 39.5 Å². The fourth-order valence-corrected chi connectivity index (χ4v) is 9.88. The molecule has 2 aliphatic carbocycles. The maximum Gasteiger partial charge on any atom is 0.254 e. The lowest BCUT2D eigenvalue weighted by atomic mass is 9.78. The predicted molar refractivity (Wildman–Crippen MR) is 279 cm³/mol. The number of Topliss-reactive ketones (excluding diaryl/α,β-unsaturated/α-hetero) is 1. The molecule has 10 nitrogen and oxygen atoms in total. The molecular weight excluding hydrogens is 873 g/mol. The van der Waals surface area contributed by atoms with Gasteiger partial charge in [-0.05, 0) is 130 Å². The zero-order chi connectivity index (χ0) is 49.4. The van der Waals surface area contributed by atoms with Gasteiger partial charge < -0.3 is 30.1 Å². The summed E-state index contributed by atoms with van der Waals surface area (Å²) in [6.45, 7) is 16.3. The van der Waals surface area contributed by atoms with Crippen molar-refractivity contribution in [3.63, 3.8) is 0 Å². The Labute approximate surface area is 411 Å². The summed E-state index contributed by atoms with van der Waals surface area (Å²) < 4.78 is 15.0. The molecule has 2 unspecified atom stereocenters. The minimum atomic E-state index is -0.464. The number of unbranched alkanes of at least 4 members (excludes halogenated alkanes) is 2. The first kappa shape index (κ1) is 47.6. The Balaban J connectivity index is 1.19. The molecule has 2 aliphatic heterocycles. The van der Waals surface area contributed by atoms with E-state index in [1.165, 1.54) is 0 Å². The number of ketones is 1. The van der Waals surface area contributed by atoms with Crippen LogP contribution in [0.3, 0.4) is 0 Å². The van der Waals surface area contributed by atoms with Crippen molar-refractivity contribution < 1.29 is 29.0 Å². The second-order valence-electron chi connectivity index (χ2n) is 19.1. The molecule has 0 radical (unpaired) electrons. The molecule has 5 aromatic carbocycles. The van der Waals surface area contributed by atoms with Crippen LogP contribution in [0.15, 0.2) is 132 Å². The fraction of sp³-hybridized carbons (Fsp3) is 0.300. The molecule has 0 aromatic heterocycles. The Hall–Kier alpha value is -7.46. The van der Waals surface area contributed by atoms with Crippen LogP contribution in [-0.4, -0.2) is 23.3 Å². The van der Waals surface area contributed by atoms with Crippen LogP contribution in [-0.2, 0) is 14.4 Å². The average molecular weight is 935 g/mol. The lowest BCUT2D eigenvalue weighted by Crippen LogP contribution is -2.36. The van der Waals surface area contributed by atoms with Gasteiger partial charge in [0.05, 0.1) is 22.8 Å². The van der Waals surface area contributed by atoms with Gasteiger partial charge in [-0.2, -0.15) is 0 Å². The number of benzene rings is 5. The predicted octanol–water partition coefficient (Wildman–Crippen LogP) is 13.5. The van der Waals surface area contributed by atoms with Crippen LogP contribution < -0.4 is 34.7 Å². The van der Waals surface area contributed by atoms with E-state index in [9.17, 15) is 19.5 Å². The number of rotatable bonds is 14. The first-order chi connectivity index (χ1) is 33.8. The highest BCUT2D eigenvalue weighted by Crippen LogP contribution is 2.52. The van der Waals surface area contributed by atoms with Crippen LogP contribution >= 0.6 is 0 Å². The molecule has 70 heavy (non-hydrogen) atoms. The lowest BCUT2D eigenvalue weighted by Gasteiger charge is -2.36. The maximum absolute atomic E-state index is 14.9. The molecule has 2 atom stereocenters. The van der Waals surface area contributed by atoms with Gasteiger partial charge in [-0.3, -0.25) is 14.4 Å². The van der Waals surface area contributed by atoms with Gasteiger partial charge in [0.15, 0.2) is 28.8 Å². The third-order valence-corrected chi connectivity index (χ3v) is 13.9. The minimum absolute atomic E-state index is 0.0232. The number of carbonyl (C=O) groups excluding carboxylic acids is 3. The Morgan fingerprint density at radius 2 is 1.14 bits per heavy atom. The normalized spacial score (nSPS) is 16.5. The van der Waals surface area contributed by atoms with Crippen molar-refractivity contribution in [3.05, 3.63) is 160 Å². The van der Waals surface area contributed by atoms with Gasteiger partial charge in [0.2, 0.25) is 17.5 Å². The number of fused-ring (bicyclic) bond motifs is 4. The number of ether oxygens (including phenoxy) is 2. The van der Waals surface area contributed by atoms with Crippen molar-refractivity contribution in [2.75, 3.05) is 10.2 Å². The number of hydrogen-bond acceptors (Lipinski definition) is 7. The van der Waals surface area contributed by atoms with E-state index in [2.05, 4.69) is 34.0 Å². The standard InChI is InChI=1S/C60H62N4O6/c1-9-13-15-39(11-3)59(67)61-45-33-41(63-47-25-17-35(5)29-51(47)69-52-30-36(6)18-26-48(52)63)21-23-43(45)55-57(65)56(58(55)66)44-24-22-42(34-46(44)62-60(68)40(12-4)16-14-10-2)64-49-27-19-37(7)31-53(49)70-54-32-38(8)20-28-50(54)64/h17-34,39-40H,9-16H2,1-8H3,(H2,61,62,65,66,67,68). The average Bonchev–Trinajstić information content (AvgIpc) is 3.34. The Bertz CT molecular complexity index is 3030. The van der Waals surface area contributed by atoms with Crippen LogP contribution in [0.2, 0.25) is 0 Å². The monoisotopic (exact) mass is 934 g/mol. The molecule has 0 saturated carbocycles. The number of aryl methyl sites for hydroxylation is 4. The SMILES string of the molecule is CCCCC(CC)C(=O)NC1=CC(=[N+]2c3ccc(C)cc3Oc3cc(C)ccc32)C=C/C1=C1\C(=O)C(c2ccc(N3c4ccc(C)cc4Oc4cc(C)ccc43)cc2NC(=O)C(CC)CCCC)=C1[O-]. The summed E-state index contributed by atoms with van der Waals surface area (Å²) in [5, 5.41) is 21.3. The van der Waals surface area contributed by atoms with Gasteiger partial charge >= 0.3 is 0 Å². The molecule has 10 heteroatoms. The van der Waals surface area contributed by atoms with E-state index < -0.39 is 11.5 Å². The summed E-state index contributed by atoms with van der Waals surface area (Å²) in [6.07, 6.45) is 11.9. The van der Waals surface area contributed by atoms with Gasteiger partial charge in [-0.15, -0.1) is 4.58 Å². The number of hydrogen-bond donors (Lipinski definition) is 2. The molecule has 0 fully saturated rings. The number of nitrogens with one attached hydrogen (secondary N) is 2. The Morgan fingerprint density at radius 1 is 0.629 bits per heavy atom. The molecular formula is C60H62N4O6. The molecule has 2 N–H and O–H groups in total. The maximum atomic E-state index is 14.9. The number of allylic oxidation sites excluding steroid dienone is 5. The van der Waals surface area contributed by atoms with E-state index in [0.717, 1.165) is 70.7 Å². The number of carbonyl (C=O) groups is 3.